The number of carbonyl (C=O) groups excluding carboxylic acids is 1. The van der Waals surface area contributed by atoms with Crippen LogP contribution in [0.2, 0.25) is 0 Å². The molecule has 0 saturated heterocycles. The van der Waals surface area contributed by atoms with E-state index in [1.807, 2.05) is 6.92 Å². The molecule has 0 bridgehead atoms. The molecule has 15 heavy (non-hydrogen) atoms. The fraction of sp³-hybridized carbons (Fsp3) is 0.917. The number of nitrogens with one attached hydrogen (secondary N) is 2. The van der Waals surface area contributed by atoms with Gasteiger partial charge in [0.15, 0.2) is 0 Å². The molecule has 1 rings (SSSR count). The molecule has 0 aliphatic heterocycles. The highest BCUT2D eigenvalue weighted by Gasteiger charge is 2.19. The molecule has 1 amide bonds. The molecule has 1 unspecified atom stereocenters. The molecule has 3 heteroatoms. The second-order valence-electron chi connectivity index (χ2n) is 4.52. The van der Waals surface area contributed by atoms with Gasteiger partial charge in [-0.1, -0.05) is 19.3 Å². The summed E-state index contributed by atoms with van der Waals surface area (Å²) in [6, 6.07) is 0.480. The Labute approximate surface area is 93.0 Å². The minimum Gasteiger partial charge on any atom is -0.355 e. The number of amides is 1. The molecular formula is C12H24N2O. The topological polar surface area (TPSA) is 41.1 Å². The summed E-state index contributed by atoms with van der Waals surface area (Å²) in [7, 11) is 0. The Hall–Kier alpha value is -0.570. The molecule has 1 saturated carbocycles. The van der Waals surface area contributed by atoms with Gasteiger partial charge in [0, 0.05) is 12.6 Å². The van der Waals surface area contributed by atoms with Crippen LogP contribution in [-0.4, -0.2) is 25.0 Å². The third-order valence-electron chi connectivity index (χ3n) is 3.32. The molecule has 1 aliphatic rings. The molecule has 2 N–H and O–H groups in total. The van der Waals surface area contributed by atoms with Crippen molar-refractivity contribution in [3.05, 3.63) is 0 Å². The predicted octanol–water partition coefficient (Wildman–Crippen LogP) is 1.68. The maximum absolute atomic E-state index is 11.3. The van der Waals surface area contributed by atoms with Gasteiger partial charge in [0.1, 0.15) is 0 Å². The molecule has 0 aromatic carbocycles. The van der Waals surface area contributed by atoms with E-state index in [0.717, 1.165) is 12.5 Å². The van der Waals surface area contributed by atoms with Crippen molar-refractivity contribution >= 4 is 5.91 Å². The highest BCUT2D eigenvalue weighted by Crippen LogP contribution is 2.26. The number of rotatable bonds is 5. The van der Waals surface area contributed by atoms with Crippen molar-refractivity contribution in [3.63, 3.8) is 0 Å². The van der Waals surface area contributed by atoms with Crippen molar-refractivity contribution in [3.8, 4) is 0 Å². The summed E-state index contributed by atoms with van der Waals surface area (Å²) in [6.07, 6.45) is 6.75. The fourth-order valence-electron chi connectivity index (χ4n) is 2.31. The first kappa shape index (κ1) is 12.5. The smallest absolute Gasteiger partial charge is 0.233 e. The van der Waals surface area contributed by atoms with E-state index in [9.17, 15) is 4.79 Å². The van der Waals surface area contributed by atoms with Gasteiger partial charge in [-0.05, 0) is 32.6 Å². The molecule has 1 atom stereocenters. The van der Waals surface area contributed by atoms with Gasteiger partial charge in [-0.2, -0.15) is 0 Å². The van der Waals surface area contributed by atoms with Crippen molar-refractivity contribution in [1.82, 2.24) is 10.6 Å². The average Bonchev–Trinajstić information content (AvgIpc) is 2.27. The van der Waals surface area contributed by atoms with Crippen molar-refractivity contribution in [2.24, 2.45) is 5.92 Å². The van der Waals surface area contributed by atoms with Crippen LogP contribution < -0.4 is 10.6 Å². The Morgan fingerprint density at radius 3 is 2.60 bits per heavy atom. The van der Waals surface area contributed by atoms with Crippen LogP contribution in [0.25, 0.3) is 0 Å². The minimum absolute atomic E-state index is 0.111. The molecule has 0 heterocycles. The van der Waals surface area contributed by atoms with Crippen molar-refractivity contribution in [2.45, 2.75) is 52.0 Å². The Kier molecular flexibility index (Phi) is 5.69. The predicted molar refractivity (Wildman–Crippen MR) is 62.7 cm³/mol. The van der Waals surface area contributed by atoms with E-state index in [2.05, 4.69) is 17.6 Å². The zero-order valence-corrected chi connectivity index (χ0v) is 10.0. The van der Waals surface area contributed by atoms with Gasteiger partial charge < -0.3 is 10.6 Å². The number of likely N-dealkylation sites (N-methyl/N-ethyl adjacent to an activating group) is 1. The quantitative estimate of drug-likeness (QED) is 0.728. The first-order chi connectivity index (χ1) is 7.24. The van der Waals surface area contributed by atoms with Crippen molar-refractivity contribution in [1.29, 1.82) is 0 Å². The van der Waals surface area contributed by atoms with Crippen LogP contribution in [0, 0.1) is 5.92 Å². The summed E-state index contributed by atoms with van der Waals surface area (Å²) >= 11 is 0. The van der Waals surface area contributed by atoms with Crippen LogP contribution in [0.1, 0.15) is 46.0 Å². The molecule has 0 aromatic heterocycles. The van der Waals surface area contributed by atoms with E-state index in [1.54, 1.807) is 0 Å². The van der Waals surface area contributed by atoms with Crippen LogP contribution in [-0.2, 0) is 4.79 Å². The summed E-state index contributed by atoms with van der Waals surface area (Å²) in [6.45, 7) is 5.33. The summed E-state index contributed by atoms with van der Waals surface area (Å²) in [5.41, 5.74) is 0. The van der Waals surface area contributed by atoms with Gasteiger partial charge in [0.05, 0.1) is 6.54 Å². The Morgan fingerprint density at radius 2 is 2.00 bits per heavy atom. The highest BCUT2D eigenvalue weighted by atomic mass is 16.1. The third-order valence-corrected chi connectivity index (χ3v) is 3.32. The summed E-state index contributed by atoms with van der Waals surface area (Å²) in [4.78, 5) is 11.3. The maximum Gasteiger partial charge on any atom is 0.233 e. The maximum atomic E-state index is 11.3. The average molecular weight is 212 g/mol. The third kappa shape index (κ3) is 4.65. The lowest BCUT2D eigenvalue weighted by Gasteiger charge is -2.28. The number of carbonyl (C=O) groups is 1. The molecule has 88 valence electrons. The van der Waals surface area contributed by atoms with E-state index in [1.165, 1.54) is 32.1 Å². The molecule has 0 radical (unpaired) electrons. The van der Waals surface area contributed by atoms with Crippen molar-refractivity contribution in [2.75, 3.05) is 13.1 Å². The van der Waals surface area contributed by atoms with Crippen LogP contribution in [0.3, 0.4) is 0 Å². The van der Waals surface area contributed by atoms with Crippen molar-refractivity contribution < 1.29 is 4.79 Å². The standard InChI is InChI=1S/C12H24N2O/c1-3-13-12(15)9-14-10(2)11-7-5-4-6-8-11/h10-11,14H,3-9H2,1-2H3,(H,13,15). The van der Waals surface area contributed by atoms with E-state index < -0.39 is 0 Å². The van der Waals surface area contributed by atoms with Gasteiger partial charge in [-0.15, -0.1) is 0 Å². The SMILES string of the molecule is CCNC(=O)CNC(C)C1CCCCC1. The van der Waals surface area contributed by atoms with Crippen LogP contribution in [0.5, 0.6) is 0 Å². The lowest BCUT2D eigenvalue weighted by molar-refractivity contribution is -0.120. The monoisotopic (exact) mass is 212 g/mol. The zero-order valence-electron chi connectivity index (χ0n) is 10.0. The van der Waals surface area contributed by atoms with Gasteiger partial charge in [-0.3, -0.25) is 4.79 Å². The fourth-order valence-corrected chi connectivity index (χ4v) is 2.31. The van der Waals surface area contributed by atoms with E-state index in [4.69, 9.17) is 0 Å². The van der Waals surface area contributed by atoms with E-state index >= 15 is 0 Å². The van der Waals surface area contributed by atoms with Gasteiger partial charge >= 0.3 is 0 Å². The molecule has 1 fully saturated rings. The Balaban J connectivity index is 2.16. The zero-order chi connectivity index (χ0) is 11.1. The minimum atomic E-state index is 0.111. The summed E-state index contributed by atoms with van der Waals surface area (Å²) in [5, 5.41) is 6.13. The lowest BCUT2D eigenvalue weighted by atomic mass is 9.84. The second-order valence-corrected chi connectivity index (χ2v) is 4.52. The Morgan fingerprint density at radius 1 is 1.33 bits per heavy atom. The normalized spacial score (nSPS) is 19.9. The lowest BCUT2D eigenvalue weighted by Crippen LogP contribution is -2.41. The number of hydrogen-bond acceptors (Lipinski definition) is 2. The number of hydrogen-bond donors (Lipinski definition) is 2. The summed E-state index contributed by atoms with van der Waals surface area (Å²) < 4.78 is 0. The largest absolute Gasteiger partial charge is 0.355 e. The van der Waals surface area contributed by atoms with Crippen LogP contribution in [0.15, 0.2) is 0 Å². The van der Waals surface area contributed by atoms with Gasteiger partial charge in [0.25, 0.3) is 0 Å². The van der Waals surface area contributed by atoms with E-state index in [0.29, 0.717) is 12.6 Å². The van der Waals surface area contributed by atoms with Gasteiger partial charge in [0.2, 0.25) is 5.91 Å². The summed E-state index contributed by atoms with van der Waals surface area (Å²) in [5.74, 6) is 0.883. The van der Waals surface area contributed by atoms with Crippen LogP contribution in [0.4, 0.5) is 0 Å². The highest BCUT2D eigenvalue weighted by molar-refractivity contribution is 5.77. The molecule has 0 spiro atoms. The second kappa shape index (κ2) is 6.83. The first-order valence-corrected chi connectivity index (χ1v) is 6.24. The molecule has 1 aliphatic carbocycles. The Bertz CT molecular complexity index is 188. The molecular weight excluding hydrogens is 188 g/mol. The van der Waals surface area contributed by atoms with E-state index in [-0.39, 0.29) is 5.91 Å². The molecule has 0 aromatic rings. The molecule has 3 nitrogen and oxygen atoms in total. The van der Waals surface area contributed by atoms with Gasteiger partial charge in [-0.25, -0.2) is 0 Å². The van der Waals surface area contributed by atoms with Crippen LogP contribution >= 0.6 is 0 Å². The first-order valence-electron chi connectivity index (χ1n) is 6.24.